The van der Waals surface area contributed by atoms with E-state index in [-0.39, 0.29) is 0 Å². The molecule has 0 aliphatic heterocycles. The van der Waals surface area contributed by atoms with Gasteiger partial charge in [0, 0.05) is 5.56 Å². The number of halogens is 3. The van der Waals surface area contributed by atoms with Gasteiger partial charge in [-0.25, -0.2) is 9.97 Å². The number of methoxy groups -OCH3 is 2. The summed E-state index contributed by atoms with van der Waals surface area (Å²) in [5, 5.41) is 0.787. The van der Waals surface area contributed by atoms with Crippen LogP contribution in [0.4, 0.5) is 0 Å². The van der Waals surface area contributed by atoms with Crippen LogP contribution in [0.15, 0.2) is 16.6 Å². The van der Waals surface area contributed by atoms with Gasteiger partial charge in [0.15, 0.2) is 17.3 Å². The van der Waals surface area contributed by atoms with Crippen molar-refractivity contribution in [3.63, 3.8) is 0 Å². The molecule has 0 spiro atoms. The molecule has 0 saturated heterocycles. The number of hydrogen-bond donors (Lipinski definition) is 0. The summed E-state index contributed by atoms with van der Waals surface area (Å²) in [6.07, 6.45) is 0.733. The topological polar surface area (TPSA) is 44.2 Å². The first-order chi connectivity index (χ1) is 10.0. The van der Waals surface area contributed by atoms with Crippen LogP contribution in [-0.2, 0) is 6.42 Å². The third-order valence-electron chi connectivity index (χ3n) is 2.91. The number of ether oxygens (including phenoxy) is 2. The Balaban J connectivity index is 2.62. The fourth-order valence-electron chi connectivity index (χ4n) is 1.87. The maximum atomic E-state index is 6.21. The van der Waals surface area contributed by atoms with Crippen LogP contribution in [0, 0.1) is 0 Å². The Morgan fingerprint density at radius 1 is 1.14 bits per heavy atom. The van der Waals surface area contributed by atoms with Crippen molar-refractivity contribution in [3.05, 3.63) is 32.5 Å². The second-order valence-electron chi connectivity index (χ2n) is 4.15. The Morgan fingerprint density at radius 3 is 2.43 bits per heavy atom. The van der Waals surface area contributed by atoms with Crippen LogP contribution in [0.3, 0.4) is 0 Å². The van der Waals surface area contributed by atoms with Crippen LogP contribution in [0.25, 0.3) is 11.4 Å². The maximum Gasteiger partial charge on any atom is 0.179 e. The molecule has 1 aromatic carbocycles. The van der Waals surface area contributed by atoms with Crippen LogP contribution < -0.4 is 9.47 Å². The fraction of sp³-hybridized carbons (Fsp3) is 0.286. The van der Waals surface area contributed by atoms with Crippen LogP contribution in [-0.4, -0.2) is 24.2 Å². The summed E-state index contributed by atoms with van der Waals surface area (Å²) in [7, 11) is 3.08. The molecule has 21 heavy (non-hydrogen) atoms. The number of rotatable bonds is 4. The minimum atomic E-state index is 0.364. The molecule has 0 fully saturated rings. The maximum absolute atomic E-state index is 6.21. The van der Waals surface area contributed by atoms with E-state index in [0.717, 1.165) is 12.1 Å². The monoisotopic (exact) mass is 390 g/mol. The highest BCUT2D eigenvalue weighted by molar-refractivity contribution is 9.10. The van der Waals surface area contributed by atoms with E-state index in [2.05, 4.69) is 25.9 Å². The SMILES string of the molecule is CCc1nc(-c2cc(Cl)c(OC)c(OC)c2)nc(Cl)c1Br. The minimum Gasteiger partial charge on any atom is -0.493 e. The van der Waals surface area contributed by atoms with Crippen molar-refractivity contribution in [2.24, 2.45) is 0 Å². The molecule has 0 saturated carbocycles. The number of hydrogen-bond acceptors (Lipinski definition) is 4. The van der Waals surface area contributed by atoms with E-state index >= 15 is 0 Å². The van der Waals surface area contributed by atoms with E-state index in [0.29, 0.717) is 37.5 Å². The van der Waals surface area contributed by atoms with Gasteiger partial charge in [-0.1, -0.05) is 30.1 Å². The Hall–Kier alpha value is -1.04. The highest BCUT2D eigenvalue weighted by Crippen LogP contribution is 2.39. The summed E-state index contributed by atoms with van der Waals surface area (Å²) in [5.74, 6) is 1.48. The number of aryl methyl sites for hydroxylation is 1. The third kappa shape index (κ3) is 3.25. The molecule has 1 heterocycles. The van der Waals surface area contributed by atoms with Crippen molar-refractivity contribution in [2.45, 2.75) is 13.3 Å². The Kier molecular flexibility index (Phi) is 5.30. The molecule has 0 N–H and O–H groups in total. The summed E-state index contributed by atoms with van der Waals surface area (Å²) >= 11 is 15.7. The third-order valence-corrected chi connectivity index (χ3v) is 4.52. The van der Waals surface area contributed by atoms with Crippen molar-refractivity contribution >= 4 is 39.1 Å². The van der Waals surface area contributed by atoms with Crippen LogP contribution in [0.1, 0.15) is 12.6 Å². The van der Waals surface area contributed by atoms with Gasteiger partial charge in [0.1, 0.15) is 5.15 Å². The quantitative estimate of drug-likeness (QED) is 0.702. The zero-order valence-corrected chi connectivity index (χ0v) is 14.8. The lowest BCUT2D eigenvalue weighted by Crippen LogP contribution is -1.99. The molecule has 0 aliphatic rings. The predicted molar refractivity (Wildman–Crippen MR) is 87.7 cm³/mol. The largest absolute Gasteiger partial charge is 0.493 e. The first-order valence-electron chi connectivity index (χ1n) is 6.15. The molecule has 0 amide bonds. The molecule has 2 aromatic rings. The smallest absolute Gasteiger partial charge is 0.179 e. The summed E-state index contributed by atoms with van der Waals surface area (Å²) in [6, 6.07) is 3.49. The summed E-state index contributed by atoms with van der Waals surface area (Å²) < 4.78 is 11.2. The molecule has 0 bridgehead atoms. The average molecular weight is 392 g/mol. The molecule has 2 rings (SSSR count). The number of nitrogens with zero attached hydrogens (tertiary/aromatic N) is 2. The van der Waals surface area contributed by atoms with Gasteiger partial charge < -0.3 is 9.47 Å². The van der Waals surface area contributed by atoms with Gasteiger partial charge >= 0.3 is 0 Å². The minimum absolute atomic E-state index is 0.364. The van der Waals surface area contributed by atoms with Gasteiger partial charge in [0.25, 0.3) is 0 Å². The second kappa shape index (κ2) is 6.81. The van der Waals surface area contributed by atoms with Crippen LogP contribution >= 0.6 is 39.1 Å². The average Bonchev–Trinajstić information content (AvgIpc) is 2.48. The Morgan fingerprint density at radius 2 is 1.86 bits per heavy atom. The molecule has 0 unspecified atom stereocenters. The summed E-state index contributed by atoms with van der Waals surface area (Å²) in [6.45, 7) is 1.99. The Labute approximate surface area is 141 Å². The van der Waals surface area contributed by atoms with Crippen LogP contribution in [0.5, 0.6) is 11.5 Å². The van der Waals surface area contributed by atoms with Crippen LogP contribution in [0.2, 0.25) is 10.2 Å². The summed E-state index contributed by atoms with van der Waals surface area (Å²) in [4.78, 5) is 8.77. The normalized spacial score (nSPS) is 10.6. The highest BCUT2D eigenvalue weighted by Gasteiger charge is 2.16. The van der Waals surface area contributed by atoms with Gasteiger partial charge in [-0.15, -0.1) is 0 Å². The molecular formula is C14H13BrCl2N2O2. The number of aromatic nitrogens is 2. The zero-order valence-electron chi connectivity index (χ0n) is 11.7. The van der Waals surface area contributed by atoms with Crippen molar-refractivity contribution in [1.82, 2.24) is 9.97 Å². The zero-order chi connectivity index (χ0) is 15.6. The van der Waals surface area contributed by atoms with Crippen molar-refractivity contribution < 1.29 is 9.47 Å². The fourth-order valence-corrected chi connectivity index (χ4v) is 2.81. The number of benzene rings is 1. The molecule has 0 radical (unpaired) electrons. The van der Waals surface area contributed by atoms with Gasteiger partial charge in [-0.05, 0) is 34.5 Å². The van der Waals surface area contributed by atoms with Crippen molar-refractivity contribution in [2.75, 3.05) is 14.2 Å². The first-order valence-corrected chi connectivity index (χ1v) is 7.70. The van der Waals surface area contributed by atoms with E-state index < -0.39 is 0 Å². The lowest BCUT2D eigenvalue weighted by molar-refractivity contribution is 0.355. The first kappa shape index (κ1) is 16.3. The standard InChI is InChI=1S/C14H13BrCl2N2O2/c1-4-9-11(15)13(17)19-14(18-9)7-5-8(16)12(21-3)10(6-7)20-2/h5-6H,4H2,1-3H3. The highest BCUT2D eigenvalue weighted by atomic mass is 79.9. The van der Waals surface area contributed by atoms with E-state index in [9.17, 15) is 0 Å². The van der Waals surface area contributed by atoms with Gasteiger partial charge in [-0.3, -0.25) is 0 Å². The Bertz CT molecular complexity index is 681. The van der Waals surface area contributed by atoms with Gasteiger partial charge in [0.2, 0.25) is 0 Å². The lowest BCUT2D eigenvalue weighted by atomic mass is 10.1. The molecule has 4 nitrogen and oxygen atoms in total. The molecule has 112 valence electrons. The predicted octanol–water partition coefficient (Wildman–Crippen LogP) is 4.79. The van der Waals surface area contributed by atoms with E-state index in [1.54, 1.807) is 19.2 Å². The van der Waals surface area contributed by atoms with Crippen molar-refractivity contribution in [1.29, 1.82) is 0 Å². The van der Waals surface area contributed by atoms with Gasteiger partial charge in [-0.2, -0.15) is 0 Å². The van der Waals surface area contributed by atoms with Gasteiger partial charge in [0.05, 0.1) is 29.4 Å². The summed E-state index contributed by atoms with van der Waals surface area (Å²) in [5.41, 5.74) is 1.54. The second-order valence-corrected chi connectivity index (χ2v) is 5.70. The molecule has 1 aromatic heterocycles. The van der Waals surface area contributed by atoms with Crippen molar-refractivity contribution in [3.8, 4) is 22.9 Å². The molecular weight excluding hydrogens is 379 g/mol. The molecule has 0 aliphatic carbocycles. The lowest BCUT2D eigenvalue weighted by Gasteiger charge is -2.12. The van der Waals surface area contributed by atoms with E-state index in [4.69, 9.17) is 32.7 Å². The molecule has 7 heteroatoms. The molecule has 0 atom stereocenters. The van der Waals surface area contributed by atoms with E-state index in [1.165, 1.54) is 7.11 Å². The van der Waals surface area contributed by atoms with E-state index in [1.807, 2.05) is 6.92 Å².